The SMILES string of the molecule is COC(=O)[C@@H]1C/C=C\Cc2cc3ccccc3c(c2OC)-c2c(OC)c(cc3ccccc23)CC(NC(C)=O)C(=O)N[C@H](CCCN=C(N)NCl)C(=O)N1. The molecule has 1 heterocycles. The molecule has 0 fully saturated rings. The second kappa shape index (κ2) is 18.3. The Morgan fingerprint density at radius 3 is 2.09 bits per heavy atom. The number of nitrogens with one attached hydrogen (secondary N) is 4. The fraction of sp³-hybridized carbons (Fsp3) is 0.325. The number of hydrogen-bond acceptors (Lipinski definition) is 8. The van der Waals surface area contributed by atoms with Crippen molar-refractivity contribution in [3.05, 3.63) is 83.9 Å². The smallest absolute Gasteiger partial charge is 0.328 e. The van der Waals surface area contributed by atoms with E-state index in [9.17, 15) is 19.2 Å². The molecule has 4 aromatic rings. The Morgan fingerprint density at radius 1 is 0.889 bits per heavy atom. The Kier molecular flexibility index (Phi) is 13.3. The first-order valence-corrected chi connectivity index (χ1v) is 17.9. The van der Waals surface area contributed by atoms with E-state index < -0.39 is 41.8 Å². The molecule has 4 aromatic carbocycles. The van der Waals surface area contributed by atoms with Crippen molar-refractivity contribution in [1.82, 2.24) is 20.8 Å². The van der Waals surface area contributed by atoms with Gasteiger partial charge in [0, 0.05) is 42.8 Å². The first kappa shape index (κ1) is 39.4. The first-order valence-electron chi connectivity index (χ1n) is 17.5. The lowest BCUT2D eigenvalue weighted by Gasteiger charge is -2.26. The number of rotatable bonds is 8. The minimum atomic E-state index is -1.13. The van der Waals surface area contributed by atoms with Gasteiger partial charge in [0.15, 0.2) is 0 Å². The topological polar surface area (TPSA) is 182 Å². The molecule has 0 spiro atoms. The highest BCUT2D eigenvalue weighted by atomic mass is 35.5. The molecule has 0 radical (unpaired) electrons. The quantitative estimate of drug-likeness (QED) is 0.0439. The van der Waals surface area contributed by atoms with Crippen molar-refractivity contribution >= 4 is 63.0 Å². The molecular formula is C40H45ClN6O7. The van der Waals surface area contributed by atoms with Crippen LogP contribution in [-0.2, 0) is 36.8 Å². The summed E-state index contributed by atoms with van der Waals surface area (Å²) in [4.78, 5) is 59.8. The Hall–Kier alpha value is -5.82. The number of benzene rings is 4. The van der Waals surface area contributed by atoms with E-state index in [4.69, 9.17) is 31.7 Å². The number of esters is 1. The number of aliphatic imine (C=N–C) groups is 1. The summed E-state index contributed by atoms with van der Waals surface area (Å²) in [6.45, 7) is 1.51. The van der Waals surface area contributed by atoms with Crippen molar-refractivity contribution in [3.63, 3.8) is 0 Å². The number of carbonyl (C=O) groups excluding carboxylic acids is 4. The zero-order chi connectivity index (χ0) is 38.8. The number of methoxy groups -OCH3 is 3. The van der Waals surface area contributed by atoms with Crippen LogP contribution in [0.3, 0.4) is 0 Å². The molecule has 3 atom stereocenters. The van der Waals surface area contributed by atoms with Gasteiger partial charge in [-0.05, 0) is 70.5 Å². The van der Waals surface area contributed by atoms with Crippen LogP contribution in [0, 0.1) is 0 Å². The Balaban J connectivity index is 1.73. The Bertz CT molecular complexity index is 2100. The van der Waals surface area contributed by atoms with Crippen LogP contribution < -0.4 is 36.0 Å². The fourth-order valence-electron chi connectivity index (χ4n) is 6.85. The average Bonchev–Trinajstić information content (AvgIpc) is 3.17. The lowest BCUT2D eigenvalue weighted by Crippen LogP contribution is -2.56. The third-order valence-corrected chi connectivity index (χ3v) is 9.47. The van der Waals surface area contributed by atoms with Gasteiger partial charge >= 0.3 is 5.97 Å². The number of nitrogens with two attached hydrogens (primary N) is 1. The van der Waals surface area contributed by atoms with Crippen molar-refractivity contribution in [3.8, 4) is 22.6 Å². The molecule has 4 bridgehead atoms. The van der Waals surface area contributed by atoms with Crippen molar-refractivity contribution in [2.24, 2.45) is 10.7 Å². The molecule has 14 heteroatoms. The summed E-state index contributed by atoms with van der Waals surface area (Å²) in [6.07, 6.45) is 4.71. The van der Waals surface area contributed by atoms with Gasteiger partial charge in [0.2, 0.25) is 23.7 Å². The van der Waals surface area contributed by atoms with Gasteiger partial charge < -0.3 is 35.9 Å². The van der Waals surface area contributed by atoms with Gasteiger partial charge in [-0.25, -0.2) is 4.79 Å². The van der Waals surface area contributed by atoms with E-state index in [1.165, 1.54) is 14.0 Å². The van der Waals surface area contributed by atoms with Crippen LogP contribution in [-0.4, -0.2) is 75.7 Å². The lowest BCUT2D eigenvalue weighted by atomic mass is 9.87. The van der Waals surface area contributed by atoms with Gasteiger partial charge in [0.05, 0.1) is 21.3 Å². The molecule has 0 saturated carbocycles. The highest BCUT2D eigenvalue weighted by Crippen LogP contribution is 2.48. The first-order chi connectivity index (χ1) is 26.1. The highest BCUT2D eigenvalue weighted by Gasteiger charge is 2.31. The van der Waals surface area contributed by atoms with Gasteiger partial charge in [0.25, 0.3) is 0 Å². The predicted molar refractivity (Wildman–Crippen MR) is 209 cm³/mol. The average molecular weight is 757 g/mol. The number of guanidine groups is 1. The summed E-state index contributed by atoms with van der Waals surface area (Å²) < 4.78 is 17.4. The summed E-state index contributed by atoms with van der Waals surface area (Å²) in [5, 5.41) is 12.0. The number of carbonyl (C=O) groups is 4. The number of allylic oxidation sites excluding steroid dienone is 1. The molecule has 1 aliphatic rings. The van der Waals surface area contributed by atoms with Gasteiger partial charge in [0.1, 0.15) is 29.6 Å². The third-order valence-electron chi connectivity index (χ3n) is 9.27. The maximum Gasteiger partial charge on any atom is 0.328 e. The number of nitrogens with zero attached hydrogens (tertiary/aromatic N) is 1. The van der Waals surface area contributed by atoms with E-state index in [-0.39, 0.29) is 31.8 Å². The van der Waals surface area contributed by atoms with E-state index in [1.807, 2.05) is 60.7 Å². The molecule has 54 heavy (non-hydrogen) atoms. The zero-order valence-electron chi connectivity index (χ0n) is 30.7. The molecule has 0 aliphatic carbocycles. The highest BCUT2D eigenvalue weighted by molar-refractivity contribution is 6.21. The van der Waals surface area contributed by atoms with Crippen molar-refractivity contribution < 1.29 is 33.4 Å². The molecular weight excluding hydrogens is 712 g/mol. The largest absolute Gasteiger partial charge is 0.496 e. The van der Waals surface area contributed by atoms with Crippen molar-refractivity contribution in [1.29, 1.82) is 0 Å². The van der Waals surface area contributed by atoms with Crippen LogP contribution in [0.4, 0.5) is 0 Å². The Morgan fingerprint density at radius 2 is 1.50 bits per heavy atom. The van der Waals surface area contributed by atoms with Crippen LogP contribution >= 0.6 is 11.8 Å². The van der Waals surface area contributed by atoms with Crippen LogP contribution in [0.2, 0.25) is 0 Å². The predicted octanol–water partition coefficient (Wildman–Crippen LogP) is 4.21. The summed E-state index contributed by atoms with van der Waals surface area (Å²) in [7, 11) is 4.44. The van der Waals surface area contributed by atoms with Gasteiger partial charge in [-0.2, -0.15) is 0 Å². The van der Waals surface area contributed by atoms with E-state index in [0.29, 0.717) is 29.9 Å². The van der Waals surface area contributed by atoms with Gasteiger partial charge in [-0.15, -0.1) is 0 Å². The van der Waals surface area contributed by atoms with Gasteiger partial charge in [-0.1, -0.05) is 60.7 Å². The number of ether oxygens (including phenoxy) is 3. The molecule has 5 rings (SSSR count). The fourth-order valence-corrected chi connectivity index (χ4v) is 6.91. The molecule has 1 aliphatic heterocycles. The molecule has 13 nitrogen and oxygen atoms in total. The van der Waals surface area contributed by atoms with E-state index >= 15 is 0 Å². The van der Waals surface area contributed by atoms with Crippen LogP contribution in [0.15, 0.2) is 77.8 Å². The van der Waals surface area contributed by atoms with E-state index in [2.05, 4.69) is 31.8 Å². The summed E-state index contributed by atoms with van der Waals surface area (Å²) >= 11 is 5.52. The lowest BCUT2D eigenvalue weighted by molar-refractivity contribution is -0.145. The summed E-state index contributed by atoms with van der Waals surface area (Å²) in [5.74, 6) is -1.20. The van der Waals surface area contributed by atoms with Gasteiger partial charge in [-0.3, -0.25) is 24.2 Å². The van der Waals surface area contributed by atoms with Crippen LogP contribution in [0.5, 0.6) is 11.5 Å². The molecule has 0 aromatic heterocycles. The zero-order valence-corrected chi connectivity index (χ0v) is 31.4. The summed E-state index contributed by atoms with van der Waals surface area (Å²) in [6, 6.07) is 16.6. The maximum atomic E-state index is 14.2. The normalized spacial score (nSPS) is 18.8. The Labute approximate surface area is 318 Å². The maximum absolute atomic E-state index is 14.2. The van der Waals surface area contributed by atoms with Crippen LogP contribution in [0.1, 0.15) is 37.3 Å². The second-order valence-corrected chi connectivity index (χ2v) is 13.0. The molecule has 284 valence electrons. The minimum Gasteiger partial charge on any atom is -0.496 e. The number of amides is 3. The monoisotopic (exact) mass is 756 g/mol. The third kappa shape index (κ3) is 9.03. The number of fused-ring (bicyclic) bond motifs is 9. The molecule has 1 unspecified atom stereocenters. The number of halogens is 1. The summed E-state index contributed by atoms with van der Waals surface area (Å²) in [5.41, 5.74) is 8.74. The molecule has 3 amide bonds. The molecule has 6 N–H and O–H groups in total. The molecule has 0 saturated heterocycles. The van der Waals surface area contributed by atoms with Crippen LogP contribution in [0.25, 0.3) is 32.7 Å². The van der Waals surface area contributed by atoms with Crippen molar-refractivity contribution in [2.45, 2.75) is 57.2 Å². The number of hydrogen-bond donors (Lipinski definition) is 5. The second-order valence-electron chi connectivity index (χ2n) is 12.8. The van der Waals surface area contributed by atoms with Crippen molar-refractivity contribution in [2.75, 3.05) is 27.9 Å². The standard InChI is InChI=1S/C40H45ClN6O7/c1-23(48)44-32-22-27-21-25-13-6-9-16-29(25)34(36(27)53-3)33-28-15-8-5-12-24(28)20-26(35(33)52-2)14-7-10-17-31(39(51)54-4)46-37(49)30(45-38(32)50)18-11-19-43-40(42)47-41/h5-10,12-13,15-16,20-21,30-32H,11,14,17-19,22H2,1-4H3,(H,44,48)(H,45,50)(H,46,49)(H3,42,43,47)/b10-7-/t30-,31+,32?/m1/s1. The van der Waals surface area contributed by atoms with E-state index in [1.54, 1.807) is 20.3 Å². The van der Waals surface area contributed by atoms with E-state index in [0.717, 1.165) is 38.2 Å². The minimum absolute atomic E-state index is 0.00129.